The summed E-state index contributed by atoms with van der Waals surface area (Å²) >= 11 is 1.09. The van der Waals surface area contributed by atoms with Crippen molar-refractivity contribution in [3.05, 3.63) is 11.2 Å². The molecular formula is C11H16N2O4S2. The molecule has 0 radical (unpaired) electrons. The second-order valence-electron chi connectivity index (χ2n) is 4.86. The highest BCUT2D eigenvalue weighted by atomic mass is 32.2. The second kappa shape index (κ2) is 5.18. The summed E-state index contributed by atoms with van der Waals surface area (Å²) in [5, 5.41) is 9.63. The lowest BCUT2D eigenvalue weighted by Crippen LogP contribution is -2.47. The molecule has 1 aliphatic rings. The van der Waals surface area contributed by atoms with Crippen molar-refractivity contribution < 1.29 is 18.3 Å². The number of carboxylic acid groups (broad SMARTS) is 1. The summed E-state index contributed by atoms with van der Waals surface area (Å²) in [6.45, 7) is 1.73. The van der Waals surface area contributed by atoms with Crippen molar-refractivity contribution in [1.82, 2.24) is 9.71 Å². The van der Waals surface area contributed by atoms with Gasteiger partial charge in [-0.2, -0.15) is 0 Å². The van der Waals surface area contributed by atoms with Crippen LogP contribution in [0.5, 0.6) is 0 Å². The number of thiazole rings is 1. The van der Waals surface area contributed by atoms with Crippen molar-refractivity contribution in [2.24, 2.45) is 0 Å². The van der Waals surface area contributed by atoms with Gasteiger partial charge in [0, 0.05) is 5.54 Å². The third kappa shape index (κ3) is 3.31. The number of nitrogens with one attached hydrogen (secondary N) is 1. The minimum absolute atomic E-state index is 0.140. The van der Waals surface area contributed by atoms with E-state index in [9.17, 15) is 13.2 Å². The van der Waals surface area contributed by atoms with E-state index >= 15 is 0 Å². The zero-order valence-electron chi connectivity index (χ0n) is 10.5. The molecule has 0 amide bonds. The fourth-order valence-electron chi connectivity index (χ4n) is 2.46. The normalized spacial score (nSPS) is 18.6. The highest BCUT2D eigenvalue weighted by molar-refractivity contribution is 7.91. The number of sulfonamides is 1. The van der Waals surface area contributed by atoms with Crippen LogP contribution in [0.4, 0.5) is 0 Å². The minimum atomic E-state index is -3.68. The molecule has 1 saturated carbocycles. The standard InChI is InChI=1S/C11H16N2O4S2/c1-8-12-7-10(18-8)19(16,17)13-11(6-9(14)15)4-2-3-5-11/h7,13H,2-6H2,1H3,(H,14,15). The smallest absolute Gasteiger partial charge is 0.305 e. The zero-order chi connectivity index (χ0) is 14.1. The Morgan fingerprint density at radius 2 is 2.16 bits per heavy atom. The first-order valence-corrected chi connectivity index (χ1v) is 8.31. The Morgan fingerprint density at radius 1 is 1.53 bits per heavy atom. The molecule has 1 aliphatic carbocycles. The maximum Gasteiger partial charge on any atom is 0.305 e. The molecule has 1 aromatic heterocycles. The first-order chi connectivity index (χ1) is 8.83. The maximum absolute atomic E-state index is 12.3. The van der Waals surface area contributed by atoms with Gasteiger partial charge in [-0.1, -0.05) is 12.8 Å². The van der Waals surface area contributed by atoms with Crippen LogP contribution in [0.25, 0.3) is 0 Å². The summed E-state index contributed by atoms with van der Waals surface area (Å²) in [7, 11) is -3.68. The number of hydrogen-bond acceptors (Lipinski definition) is 5. The summed E-state index contributed by atoms with van der Waals surface area (Å²) < 4.78 is 27.2. The van der Waals surface area contributed by atoms with Crippen LogP contribution >= 0.6 is 11.3 Å². The summed E-state index contributed by atoms with van der Waals surface area (Å²) in [6.07, 6.45) is 3.96. The van der Waals surface area contributed by atoms with Gasteiger partial charge in [-0.15, -0.1) is 11.3 Å². The van der Waals surface area contributed by atoms with E-state index in [0.717, 1.165) is 24.2 Å². The molecule has 0 aromatic carbocycles. The molecule has 1 aromatic rings. The Morgan fingerprint density at radius 3 is 2.63 bits per heavy atom. The molecule has 1 fully saturated rings. The van der Waals surface area contributed by atoms with Crippen LogP contribution in [-0.2, 0) is 14.8 Å². The molecule has 2 rings (SSSR count). The molecular weight excluding hydrogens is 288 g/mol. The molecule has 6 nitrogen and oxygen atoms in total. The molecule has 19 heavy (non-hydrogen) atoms. The molecule has 0 spiro atoms. The average Bonchev–Trinajstić information content (AvgIpc) is 2.86. The molecule has 0 unspecified atom stereocenters. The van der Waals surface area contributed by atoms with Crippen LogP contribution in [0.3, 0.4) is 0 Å². The van der Waals surface area contributed by atoms with Gasteiger partial charge in [0.2, 0.25) is 0 Å². The fourth-order valence-corrected chi connectivity index (χ4v) is 5.02. The Balaban J connectivity index is 2.24. The van der Waals surface area contributed by atoms with Gasteiger partial charge in [-0.05, 0) is 19.8 Å². The van der Waals surface area contributed by atoms with E-state index in [1.54, 1.807) is 6.92 Å². The van der Waals surface area contributed by atoms with Gasteiger partial charge < -0.3 is 5.11 Å². The van der Waals surface area contributed by atoms with Crippen molar-refractivity contribution in [3.63, 3.8) is 0 Å². The third-order valence-electron chi connectivity index (χ3n) is 3.27. The first-order valence-electron chi connectivity index (χ1n) is 6.01. The quantitative estimate of drug-likeness (QED) is 0.859. The van der Waals surface area contributed by atoms with Gasteiger partial charge in [0.1, 0.15) is 0 Å². The van der Waals surface area contributed by atoms with Gasteiger partial charge in [-0.25, -0.2) is 18.1 Å². The van der Waals surface area contributed by atoms with Crippen LogP contribution < -0.4 is 4.72 Å². The van der Waals surface area contributed by atoms with Crippen LogP contribution in [-0.4, -0.2) is 30.0 Å². The topological polar surface area (TPSA) is 96.4 Å². The zero-order valence-corrected chi connectivity index (χ0v) is 12.2. The van der Waals surface area contributed by atoms with Crippen LogP contribution in [0.15, 0.2) is 10.4 Å². The van der Waals surface area contributed by atoms with Gasteiger partial charge in [0.15, 0.2) is 4.21 Å². The van der Waals surface area contributed by atoms with Gasteiger partial charge in [-0.3, -0.25) is 4.79 Å². The van der Waals surface area contributed by atoms with Crippen molar-refractivity contribution in [3.8, 4) is 0 Å². The van der Waals surface area contributed by atoms with Crippen molar-refractivity contribution in [1.29, 1.82) is 0 Å². The highest BCUT2D eigenvalue weighted by Crippen LogP contribution is 2.34. The monoisotopic (exact) mass is 304 g/mol. The van der Waals surface area contributed by atoms with E-state index in [4.69, 9.17) is 5.11 Å². The number of rotatable bonds is 5. The van der Waals surface area contributed by atoms with E-state index < -0.39 is 21.5 Å². The summed E-state index contributed by atoms with van der Waals surface area (Å²) in [6, 6.07) is 0. The Bertz CT molecular complexity index is 573. The predicted octanol–water partition coefficient (Wildman–Crippen LogP) is 1.52. The van der Waals surface area contributed by atoms with Crippen LogP contribution in [0, 0.1) is 6.92 Å². The van der Waals surface area contributed by atoms with Gasteiger partial charge in [0.05, 0.1) is 17.6 Å². The van der Waals surface area contributed by atoms with Gasteiger partial charge >= 0.3 is 5.97 Å². The lowest BCUT2D eigenvalue weighted by Gasteiger charge is -2.27. The Labute approximate surface area is 115 Å². The van der Waals surface area contributed by atoms with Crippen LogP contribution in [0.2, 0.25) is 0 Å². The maximum atomic E-state index is 12.3. The van der Waals surface area contributed by atoms with E-state index in [1.165, 1.54) is 6.20 Å². The number of aryl methyl sites for hydroxylation is 1. The fraction of sp³-hybridized carbons (Fsp3) is 0.636. The largest absolute Gasteiger partial charge is 0.481 e. The lowest BCUT2D eigenvalue weighted by molar-refractivity contribution is -0.138. The van der Waals surface area contributed by atoms with E-state index in [0.29, 0.717) is 17.8 Å². The Hall–Kier alpha value is -0.990. The number of aromatic nitrogens is 1. The first kappa shape index (κ1) is 14.4. The molecule has 8 heteroatoms. The van der Waals surface area contributed by atoms with Crippen molar-refractivity contribution >= 4 is 27.3 Å². The average molecular weight is 304 g/mol. The number of nitrogens with zero attached hydrogens (tertiary/aromatic N) is 1. The molecule has 0 bridgehead atoms. The van der Waals surface area contributed by atoms with Crippen LogP contribution in [0.1, 0.15) is 37.1 Å². The summed E-state index contributed by atoms with van der Waals surface area (Å²) in [5.74, 6) is -0.981. The van der Waals surface area contributed by atoms with E-state index in [1.807, 2.05) is 0 Å². The molecule has 106 valence electrons. The van der Waals surface area contributed by atoms with Crippen molar-refractivity contribution in [2.45, 2.75) is 48.8 Å². The SMILES string of the molecule is Cc1ncc(S(=O)(=O)NC2(CC(=O)O)CCCC2)s1. The molecule has 2 N–H and O–H groups in total. The minimum Gasteiger partial charge on any atom is -0.481 e. The molecule has 1 heterocycles. The second-order valence-corrected chi connectivity index (χ2v) is 8.01. The summed E-state index contributed by atoms with van der Waals surface area (Å²) in [5.41, 5.74) is -0.845. The molecule has 0 aliphatic heterocycles. The molecule has 0 atom stereocenters. The summed E-state index contributed by atoms with van der Waals surface area (Å²) in [4.78, 5) is 14.9. The number of carbonyl (C=O) groups is 1. The number of carboxylic acids is 1. The predicted molar refractivity (Wildman–Crippen MR) is 70.6 cm³/mol. The third-order valence-corrected chi connectivity index (χ3v) is 6.22. The van der Waals surface area contributed by atoms with Crippen molar-refractivity contribution in [2.75, 3.05) is 0 Å². The van der Waals surface area contributed by atoms with E-state index in [-0.39, 0.29) is 10.6 Å². The number of hydrogen-bond donors (Lipinski definition) is 2. The molecule has 0 saturated heterocycles. The Kier molecular flexibility index (Phi) is 3.93. The number of aliphatic carboxylic acids is 1. The lowest BCUT2D eigenvalue weighted by atomic mass is 9.95. The van der Waals surface area contributed by atoms with E-state index in [2.05, 4.69) is 9.71 Å². The van der Waals surface area contributed by atoms with Gasteiger partial charge in [0.25, 0.3) is 10.0 Å². The highest BCUT2D eigenvalue weighted by Gasteiger charge is 2.40.